The Kier molecular flexibility index (Phi) is 6.50. The molecule has 0 aliphatic heterocycles. The lowest BCUT2D eigenvalue weighted by Crippen LogP contribution is -2.37. The maximum absolute atomic E-state index is 3.99. The highest BCUT2D eigenvalue weighted by atomic mass is 32.2. The van der Waals surface area contributed by atoms with Gasteiger partial charge in [0, 0.05) is 18.8 Å². The molecule has 0 amide bonds. The van der Waals surface area contributed by atoms with E-state index in [1.54, 1.807) is 16.4 Å². The number of nitrogens with one attached hydrogen (secondary N) is 1. The monoisotopic (exact) mass is 257 g/mol. The summed E-state index contributed by atoms with van der Waals surface area (Å²) in [6, 6.07) is 0.529. The van der Waals surface area contributed by atoms with Crippen LogP contribution in [-0.2, 0) is 7.05 Å². The molecule has 98 valence electrons. The molecule has 2 atom stereocenters. The van der Waals surface area contributed by atoms with Gasteiger partial charge in [0.1, 0.15) is 0 Å². The standard InChI is InChI=1S/C11H23N5S/c1-5-7-12-10(9(3)6-2)8-17-11-13-14-15-16(11)4/h9-10,12H,5-8H2,1-4H3. The van der Waals surface area contributed by atoms with E-state index < -0.39 is 0 Å². The zero-order valence-corrected chi connectivity index (χ0v) is 12.0. The van der Waals surface area contributed by atoms with E-state index in [0.29, 0.717) is 12.0 Å². The van der Waals surface area contributed by atoms with E-state index in [1.165, 1.54) is 12.8 Å². The van der Waals surface area contributed by atoms with Crippen molar-refractivity contribution < 1.29 is 0 Å². The fourth-order valence-electron chi connectivity index (χ4n) is 1.55. The van der Waals surface area contributed by atoms with Crippen LogP contribution in [0.2, 0.25) is 0 Å². The highest BCUT2D eigenvalue weighted by Gasteiger charge is 2.16. The number of tetrazole rings is 1. The molecule has 0 fully saturated rings. The van der Waals surface area contributed by atoms with Gasteiger partial charge < -0.3 is 5.32 Å². The largest absolute Gasteiger partial charge is 0.313 e. The minimum absolute atomic E-state index is 0.529. The van der Waals surface area contributed by atoms with Crippen LogP contribution in [0.25, 0.3) is 0 Å². The molecule has 0 aliphatic carbocycles. The first-order valence-electron chi connectivity index (χ1n) is 6.27. The molecule has 0 aliphatic rings. The van der Waals surface area contributed by atoms with E-state index in [9.17, 15) is 0 Å². The van der Waals surface area contributed by atoms with Gasteiger partial charge in [0.15, 0.2) is 0 Å². The first-order chi connectivity index (χ1) is 8.19. The maximum atomic E-state index is 3.99. The minimum atomic E-state index is 0.529. The summed E-state index contributed by atoms with van der Waals surface area (Å²) in [6.45, 7) is 7.80. The summed E-state index contributed by atoms with van der Waals surface area (Å²) in [5.41, 5.74) is 0. The zero-order valence-electron chi connectivity index (χ0n) is 11.2. The normalized spacial score (nSPS) is 14.8. The molecule has 0 spiro atoms. The van der Waals surface area contributed by atoms with Gasteiger partial charge in [-0.25, -0.2) is 4.68 Å². The van der Waals surface area contributed by atoms with Crippen molar-refractivity contribution in [2.45, 2.75) is 44.8 Å². The molecular weight excluding hydrogens is 234 g/mol. The molecule has 0 saturated heterocycles. The Morgan fingerprint density at radius 1 is 1.41 bits per heavy atom. The Morgan fingerprint density at radius 3 is 2.71 bits per heavy atom. The third kappa shape index (κ3) is 4.63. The summed E-state index contributed by atoms with van der Waals surface area (Å²) in [6.07, 6.45) is 2.36. The summed E-state index contributed by atoms with van der Waals surface area (Å²) in [7, 11) is 1.88. The van der Waals surface area contributed by atoms with Crippen LogP contribution in [0, 0.1) is 5.92 Å². The second kappa shape index (κ2) is 7.66. The van der Waals surface area contributed by atoms with Gasteiger partial charge in [0.05, 0.1) is 0 Å². The van der Waals surface area contributed by atoms with Crippen LogP contribution in [0.15, 0.2) is 5.16 Å². The summed E-state index contributed by atoms with van der Waals surface area (Å²) >= 11 is 1.72. The lowest BCUT2D eigenvalue weighted by Gasteiger charge is -2.23. The van der Waals surface area contributed by atoms with Gasteiger partial charge in [-0.2, -0.15) is 0 Å². The average Bonchev–Trinajstić information content (AvgIpc) is 2.74. The van der Waals surface area contributed by atoms with Gasteiger partial charge in [-0.05, 0) is 29.3 Å². The molecule has 1 heterocycles. The fourth-order valence-corrected chi connectivity index (χ4v) is 2.64. The predicted octanol–water partition coefficient (Wildman–Crippen LogP) is 1.72. The van der Waals surface area contributed by atoms with Crippen LogP contribution in [0.1, 0.15) is 33.6 Å². The lowest BCUT2D eigenvalue weighted by molar-refractivity contribution is 0.396. The van der Waals surface area contributed by atoms with Crippen LogP contribution < -0.4 is 5.32 Å². The second-order valence-electron chi connectivity index (χ2n) is 4.34. The topological polar surface area (TPSA) is 55.6 Å². The van der Waals surface area contributed by atoms with Crippen molar-refractivity contribution >= 4 is 11.8 Å². The van der Waals surface area contributed by atoms with E-state index in [1.807, 2.05) is 7.05 Å². The molecule has 0 radical (unpaired) electrons. The number of thioether (sulfide) groups is 1. The van der Waals surface area contributed by atoms with Gasteiger partial charge in [-0.3, -0.25) is 0 Å². The van der Waals surface area contributed by atoms with Gasteiger partial charge >= 0.3 is 0 Å². The molecule has 1 aromatic rings. The van der Waals surface area contributed by atoms with Crippen molar-refractivity contribution in [3.05, 3.63) is 0 Å². The van der Waals surface area contributed by atoms with Gasteiger partial charge in [0.2, 0.25) is 5.16 Å². The number of nitrogens with zero attached hydrogens (tertiary/aromatic N) is 4. The highest BCUT2D eigenvalue weighted by molar-refractivity contribution is 7.99. The van der Waals surface area contributed by atoms with Crippen molar-refractivity contribution in [3.8, 4) is 0 Å². The van der Waals surface area contributed by atoms with Crippen LogP contribution in [0.5, 0.6) is 0 Å². The number of rotatable bonds is 8. The first-order valence-corrected chi connectivity index (χ1v) is 7.26. The molecule has 0 bridgehead atoms. The SMILES string of the molecule is CCCNC(CSc1nnnn1C)C(C)CC. The Labute approximate surface area is 108 Å². The number of hydrogen-bond donors (Lipinski definition) is 1. The number of aryl methyl sites for hydroxylation is 1. The third-order valence-corrected chi connectivity index (χ3v) is 4.09. The molecule has 1 aromatic heterocycles. The van der Waals surface area contributed by atoms with Crippen molar-refractivity contribution in [1.29, 1.82) is 0 Å². The second-order valence-corrected chi connectivity index (χ2v) is 5.33. The van der Waals surface area contributed by atoms with Crippen LogP contribution in [0.4, 0.5) is 0 Å². The minimum Gasteiger partial charge on any atom is -0.313 e. The quantitative estimate of drug-likeness (QED) is 0.719. The Hall–Kier alpha value is -0.620. The Balaban J connectivity index is 2.45. The summed E-state index contributed by atoms with van der Waals surface area (Å²) in [5.74, 6) is 1.69. The van der Waals surface area contributed by atoms with E-state index in [4.69, 9.17) is 0 Å². The molecule has 6 heteroatoms. The average molecular weight is 257 g/mol. The fraction of sp³-hybridized carbons (Fsp3) is 0.909. The first kappa shape index (κ1) is 14.4. The molecule has 0 aromatic carbocycles. The third-order valence-electron chi connectivity index (χ3n) is 2.96. The highest BCUT2D eigenvalue weighted by Crippen LogP contribution is 2.18. The van der Waals surface area contributed by atoms with Crippen molar-refractivity contribution in [2.24, 2.45) is 13.0 Å². The Bertz CT molecular complexity index is 315. The molecule has 17 heavy (non-hydrogen) atoms. The number of aromatic nitrogens is 4. The summed E-state index contributed by atoms with van der Waals surface area (Å²) in [4.78, 5) is 0. The van der Waals surface area contributed by atoms with E-state index in [-0.39, 0.29) is 0 Å². The number of hydrogen-bond acceptors (Lipinski definition) is 5. The molecule has 0 saturated carbocycles. The van der Waals surface area contributed by atoms with E-state index in [2.05, 4.69) is 41.6 Å². The zero-order chi connectivity index (χ0) is 12.7. The van der Waals surface area contributed by atoms with Crippen LogP contribution in [0.3, 0.4) is 0 Å². The lowest BCUT2D eigenvalue weighted by atomic mass is 10.0. The molecule has 1 N–H and O–H groups in total. The molecule has 2 unspecified atom stereocenters. The molecular formula is C11H23N5S. The maximum Gasteiger partial charge on any atom is 0.209 e. The summed E-state index contributed by atoms with van der Waals surface area (Å²) in [5, 5.41) is 16.0. The van der Waals surface area contributed by atoms with Crippen molar-refractivity contribution in [3.63, 3.8) is 0 Å². The Morgan fingerprint density at radius 2 is 2.18 bits per heavy atom. The van der Waals surface area contributed by atoms with Gasteiger partial charge in [-0.1, -0.05) is 39.0 Å². The van der Waals surface area contributed by atoms with Crippen molar-refractivity contribution in [2.75, 3.05) is 12.3 Å². The van der Waals surface area contributed by atoms with Gasteiger partial charge in [-0.15, -0.1) is 5.10 Å². The van der Waals surface area contributed by atoms with E-state index >= 15 is 0 Å². The predicted molar refractivity (Wildman–Crippen MR) is 71.1 cm³/mol. The smallest absolute Gasteiger partial charge is 0.209 e. The van der Waals surface area contributed by atoms with Gasteiger partial charge in [0.25, 0.3) is 0 Å². The van der Waals surface area contributed by atoms with E-state index in [0.717, 1.165) is 17.5 Å². The summed E-state index contributed by atoms with van der Waals surface area (Å²) < 4.78 is 1.72. The molecule has 1 rings (SSSR count). The van der Waals surface area contributed by atoms with Crippen LogP contribution in [-0.4, -0.2) is 38.5 Å². The molecule has 5 nitrogen and oxygen atoms in total. The van der Waals surface area contributed by atoms with Crippen LogP contribution >= 0.6 is 11.8 Å². The van der Waals surface area contributed by atoms with Crippen molar-refractivity contribution in [1.82, 2.24) is 25.5 Å².